The zero-order valence-corrected chi connectivity index (χ0v) is 15.4. The Morgan fingerprint density at radius 2 is 1.88 bits per heavy atom. The van der Waals surface area contributed by atoms with Gasteiger partial charge in [-0.2, -0.15) is 0 Å². The monoisotopic (exact) mass is 377 g/mol. The predicted octanol–water partition coefficient (Wildman–Crippen LogP) is 5.01. The lowest BCUT2D eigenvalue weighted by atomic mass is 9.88. The first kappa shape index (κ1) is 17.8. The first-order valence-corrected chi connectivity index (χ1v) is 9.69. The second-order valence-corrected chi connectivity index (χ2v) is 7.70. The average Bonchev–Trinajstić information content (AvgIpc) is 2.68. The Balaban J connectivity index is 1.49. The molecule has 4 rings (SSSR count). The van der Waals surface area contributed by atoms with Gasteiger partial charge in [-0.25, -0.2) is 18.7 Å². The molecule has 0 amide bonds. The lowest BCUT2D eigenvalue weighted by Crippen LogP contribution is -2.31. The first-order valence-electron chi connectivity index (χ1n) is 9.31. The van der Waals surface area contributed by atoms with Gasteiger partial charge in [-0.1, -0.05) is 30.9 Å². The molecule has 138 valence electrons. The van der Waals surface area contributed by atoms with Gasteiger partial charge in [0.15, 0.2) is 0 Å². The number of nitrogens with zero attached hydrogens (tertiary/aromatic N) is 3. The van der Waals surface area contributed by atoms with Gasteiger partial charge in [0, 0.05) is 55.0 Å². The number of benzene rings is 1. The zero-order valence-electron chi connectivity index (χ0n) is 14.6. The minimum absolute atomic E-state index is 0.125. The molecule has 1 aliphatic carbocycles. The van der Waals surface area contributed by atoms with Crippen molar-refractivity contribution in [2.75, 3.05) is 6.54 Å². The fraction of sp³-hybridized carbons (Fsp3) is 0.500. The number of rotatable bonds is 3. The largest absolute Gasteiger partial charge is 0.294 e. The van der Waals surface area contributed by atoms with E-state index in [1.807, 2.05) is 6.20 Å². The van der Waals surface area contributed by atoms with Crippen LogP contribution in [0, 0.1) is 11.6 Å². The van der Waals surface area contributed by atoms with Crippen LogP contribution in [0.2, 0.25) is 5.02 Å². The highest BCUT2D eigenvalue weighted by atomic mass is 35.5. The third-order valence-corrected chi connectivity index (χ3v) is 5.93. The number of fused-ring (bicyclic) bond motifs is 1. The average molecular weight is 378 g/mol. The molecule has 0 saturated heterocycles. The highest BCUT2D eigenvalue weighted by molar-refractivity contribution is 6.31. The molecule has 1 fully saturated rings. The highest BCUT2D eigenvalue weighted by Crippen LogP contribution is 2.32. The van der Waals surface area contributed by atoms with Gasteiger partial charge in [-0.3, -0.25) is 4.90 Å². The lowest BCUT2D eigenvalue weighted by molar-refractivity contribution is 0.238. The molecule has 3 nitrogen and oxygen atoms in total. The second-order valence-electron chi connectivity index (χ2n) is 7.32. The van der Waals surface area contributed by atoms with Crippen molar-refractivity contribution in [2.45, 2.75) is 57.5 Å². The number of hydrogen-bond donors (Lipinski definition) is 0. The van der Waals surface area contributed by atoms with E-state index < -0.39 is 11.6 Å². The summed E-state index contributed by atoms with van der Waals surface area (Å²) in [5, 5.41) is -0.125. The van der Waals surface area contributed by atoms with Crippen molar-refractivity contribution >= 4 is 11.6 Å². The van der Waals surface area contributed by atoms with Crippen LogP contribution in [-0.4, -0.2) is 21.4 Å². The van der Waals surface area contributed by atoms with Crippen LogP contribution < -0.4 is 0 Å². The third-order valence-electron chi connectivity index (χ3n) is 5.52. The van der Waals surface area contributed by atoms with Crippen molar-refractivity contribution in [3.05, 3.63) is 57.6 Å². The molecule has 1 aromatic heterocycles. The van der Waals surface area contributed by atoms with Crippen molar-refractivity contribution < 1.29 is 8.78 Å². The minimum Gasteiger partial charge on any atom is -0.294 e. The quantitative estimate of drug-likeness (QED) is 0.704. The van der Waals surface area contributed by atoms with Gasteiger partial charge >= 0.3 is 0 Å². The Kier molecular flexibility index (Phi) is 5.18. The van der Waals surface area contributed by atoms with E-state index in [9.17, 15) is 8.78 Å². The van der Waals surface area contributed by atoms with Crippen LogP contribution in [0.3, 0.4) is 0 Å². The number of aromatic nitrogens is 2. The smallest absolute Gasteiger partial charge is 0.142 e. The summed E-state index contributed by atoms with van der Waals surface area (Å²) in [5.74, 6) is 0.426. The summed E-state index contributed by atoms with van der Waals surface area (Å²) in [6.45, 7) is 1.67. The molecule has 0 unspecified atom stereocenters. The van der Waals surface area contributed by atoms with Crippen molar-refractivity contribution in [3.63, 3.8) is 0 Å². The molecule has 0 radical (unpaired) electrons. The summed E-state index contributed by atoms with van der Waals surface area (Å²) in [7, 11) is 0. The SMILES string of the molecule is Fc1ccc(F)c(CN2CCc3nc(C4CCCCC4)ncc3C2)c1Cl. The van der Waals surface area contributed by atoms with Crippen molar-refractivity contribution in [1.82, 2.24) is 14.9 Å². The highest BCUT2D eigenvalue weighted by Gasteiger charge is 2.24. The Hall–Kier alpha value is -1.59. The van der Waals surface area contributed by atoms with E-state index in [0.717, 1.165) is 42.2 Å². The Bertz CT molecular complexity index is 806. The normalized spacial score (nSPS) is 18.7. The molecule has 0 spiro atoms. The Labute approximate surface area is 157 Å². The van der Waals surface area contributed by atoms with Gasteiger partial charge in [0.05, 0.1) is 5.02 Å². The summed E-state index contributed by atoms with van der Waals surface area (Å²) in [6, 6.07) is 2.20. The van der Waals surface area contributed by atoms with Gasteiger partial charge in [-0.15, -0.1) is 0 Å². The maximum Gasteiger partial charge on any atom is 0.142 e. The van der Waals surface area contributed by atoms with Crippen LogP contribution >= 0.6 is 11.6 Å². The molecular formula is C20H22ClF2N3. The second kappa shape index (κ2) is 7.57. The molecule has 2 heterocycles. The van der Waals surface area contributed by atoms with Crippen LogP contribution in [0.1, 0.15) is 60.7 Å². The molecular weight excluding hydrogens is 356 g/mol. The molecule has 2 aliphatic rings. The predicted molar refractivity (Wildman–Crippen MR) is 97.0 cm³/mol. The summed E-state index contributed by atoms with van der Waals surface area (Å²) in [6.07, 6.45) is 8.92. The molecule has 1 saturated carbocycles. The molecule has 1 aliphatic heterocycles. The first-order chi connectivity index (χ1) is 12.6. The van der Waals surface area contributed by atoms with Crippen LogP contribution in [0.15, 0.2) is 18.3 Å². The summed E-state index contributed by atoms with van der Waals surface area (Å²) < 4.78 is 27.7. The third kappa shape index (κ3) is 3.60. The zero-order chi connectivity index (χ0) is 18.1. The molecule has 0 N–H and O–H groups in total. The van der Waals surface area contributed by atoms with Crippen LogP contribution in [0.4, 0.5) is 8.78 Å². The maximum atomic E-state index is 14.0. The topological polar surface area (TPSA) is 29.0 Å². The van der Waals surface area contributed by atoms with E-state index in [2.05, 4.69) is 9.88 Å². The molecule has 2 aromatic rings. The standard InChI is InChI=1S/C20H22ClF2N3/c21-19-15(16(22)6-7-17(19)23)12-26-9-8-18-14(11-26)10-24-20(25-18)13-4-2-1-3-5-13/h6-7,10,13H,1-5,8-9,11-12H2. The van der Waals surface area contributed by atoms with E-state index in [0.29, 0.717) is 12.5 Å². The molecule has 26 heavy (non-hydrogen) atoms. The summed E-state index contributed by atoms with van der Waals surface area (Å²) in [5.41, 5.74) is 2.39. The Morgan fingerprint density at radius 3 is 2.69 bits per heavy atom. The lowest BCUT2D eigenvalue weighted by Gasteiger charge is -2.29. The number of hydrogen-bond acceptors (Lipinski definition) is 3. The van der Waals surface area contributed by atoms with E-state index in [1.165, 1.54) is 32.1 Å². The van der Waals surface area contributed by atoms with Crippen LogP contribution in [0.5, 0.6) is 0 Å². The van der Waals surface area contributed by atoms with Crippen molar-refractivity contribution in [2.24, 2.45) is 0 Å². The molecule has 0 bridgehead atoms. The van der Waals surface area contributed by atoms with E-state index >= 15 is 0 Å². The minimum atomic E-state index is -0.582. The van der Waals surface area contributed by atoms with Gasteiger partial charge in [0.2, 0.25) is 0 Å². The molecule has 1 aromatic carbocycles. The fourth-order valence-electron chi connectivity index (χ4n) is 4.02. The fourth-order valence-corrected chi connectivity index (χ4v) is 4.23. The number of halogens is 3. The van der Waals surface area contributed by atoms with E-state index in [-0.39, 0.29) is 17.1 Å². The van der Waals surface area contributed by atoms with Crippen LogP contribution in [-0.2, 0) is 19.5 Å². The summed E-state index contributed by atoms with van der Waals surface area (Å²) in [4.78, 5) is 11.5. The van der Waals surface area contributed by atoms with Crippen molar-refractivity contribution in [1.29, 1.82) is 0 Å². The summed E-state index contributed by atoms with van der Waals surface area (Å²) >= 11 is 5.96. The van der Waals surface area contributed by atoms with Gasteiger partial charge in [0.25, 0.3) is 0 Å². The van der Waals surface area contributed by atoms with Gasteiger partial charge < -0.3 is 0 Å². The molecule has 0 atom stereocenters. The van der Waals surface area contributed by atoms with Crippen molar-refractivity contribution in [3.8, 4) is 0 Å². The van der Waals surface area contributed by atoms with E-state index in [1.54, 1.807) is 0 Å². The Morgan fingerprint density at radius 1 is 1.12 bits per heavy atom. The van der Waals surface area contributed by atoms with Gasteiger partial charge in [0.1, 0.15) is 17.5 Å². The van der Waals surface area contributed by atoms with E-state index in [4.69, 9.17) is 16.6 Å². The maximum absolute atomic E-state index is 14.0. The molecule has 6 heteroatoms. The van der Waals surface area contributed by atoms with Gasteiger partial charge in [-0.05, 0) is 25.0 Å². The van der Waals surface area contributed by atoms with Crippen LogP contribution in [0.25, 0.3) is 0 Å².